The molecule has 3 aromatic carbocycles. The first-order chi connectivity index (χ1) is 20.2. The summed E-state index contributed by atoms with van der Waals surface area (Å²) in [6.07, 6.45) is 5.94. The Balaban J connectivity index is 1.08. The van der Waals surface area contributed by atoms with Gasteiger partial charge >= 0.3 is 0 Å². The zero-order valence-electron chi connectivity index (χ0n) is 24.8. The SMILES string of the molecule is COc1cc(C)c(C(=O)NC2CCc3ccc(C(=O)N4CCC5(CC4)CCN(c4ccc(F)cc4)CC5)cc32)c(C)c1. The van der Waals surface area contributed by atoms with E-state index in [1.807, 2.05) is 55.1 Å². The van der Waals surface area contributed by atoms with Gasteiger partial charge in [0.2, 0.25) is 0 Å². The molecule has 2 aliphatic heterocycles. The number of carbonyl (C=O) groups excluding carboxylic acids is 2. The Bertz CT molecular complexity index is 1460. The van der Waals surface area contributed by atoms with Gasteiger partial charge in [-0.15, -0.1) is 0 Å². The molecule has 3 aromatic rings. The lowest BCUT2D eigenvalue weighted by molar-refractivity contribution is 0.0515. The van der Waals surface area contributed by atoms with E-state index in [1.54, 1.807) is 7.11 Å². The zero-order chi connectivity index (χ0) is 29.4. The fourth-order valence-electron chi connectivity index (χ4n) is 7.27. The van der Waals surface area contributed by atoms with E-state index < -0.39 is 0 Å². The summed E-state index contributed by atoms with van der Waals surface area (Å²) in [4.78, 5) is 31.3. The summed E-state index contributed by atoms with van der Waals surface area (Å²) in [5, 5.41) is 3.25. The molecule has 6 nitrogen and oxygen atoms in total. The lowest BCUT2D eigenvalue weighted by Gasteiger charge is -2.47. The van der Waals surface area contributed by atoms with Crippen LogP contribution in [0.3, 0.4) is 0 Å². The van der Waals surface area contributed by atoms with Gasteiger partial charge in [-0.3, -0.25) is 9.59 Å². The molecule has 1 spiro atoms. The van der Waals surface area contributed by atoms with Gasteiger partial charge < -0.3 is 19.9 Å². The minimum Gasteiger partial charge on any atom is -0.497 e. The number of nitrogens with one attached hydrogen (secondary N) is 1. The molecular weight excluding hydrogens is 529 g/mol. The number of piperidine rings is 2. The molecule has 1 unspecified atom stereocenters. The largest absolute Gasteiger partial charge is 0.497 e. The van der Waals surface area contributed by atoms with Gasteiger partial charge in [0.25, 0.3) is 11.8 Å². The van der Waals surface area contributed by atoms with E-state index in [1.165, 1.54) is 17.7 Å². The second-order valence-corrected chi connectivity index (χ2v) is 12.4. The van der Waals surface area contributed by atoms with Gasteiger partial charge in [0.1, 0.15) is 11.6 Å². The molecule has 1 N–H and O–H groups in total. The number of methoxy groups -OCH3 is 1. The molecule has 1 atom stereocenters. The molecule has 1 aliphatic carbocycles. The maximum atomic E-state index is 13.6. The highest BCUT2D eigenvalue weighted by molar-refractivity contribution is 5.98. The molecule has 0 radical (unpaired) electrons. The summed E-state index contributed by atoms with van der Waals surface area (Å²) in [6.45, 7) is 7.33. The number of benzene rings is 3. The van der Waals surface area contributed by atoms with Crippen molar-refractivity contribution in [3.05, 3.63) is 93.8 Å². The normalized spacial score (nSPS) is 19.5. The van der Waals surface area contributed by atoms with Crippen LogP contribution in [0.15, 0.2) is 54.6 Å². The number of amides is 2. The monoisotopic (exact) mass is 569 g/mol. The maximum absolute atomic E-state index is 13.6. The number of halogens is 1. The molecule has 220 valence electrons. The highest BCUT2D eigenvalue weighted by Gasteiger charge is 2.39. The standard InChI is InChI=1S/C35H40FN3O3/c1-23-20-29(42-3)21-24(2)32(23)33(40)37-31-11-6-25-4-5-26(22-30(25)31)34(41)39-18-14-35(15-19-39)12-16-38(17-13-35)28-9-7-27(36)8-10-28/h4-5,7-10,20-22,31H,6,11-19H2,1-3H3,(H,37,40). The zero-order valence-corrected chi connectivity index (χ0v) is 24.8. The molecule has 2 fully saturated rings. The van der Waals surface area contributed by atoms with E-state index in [0.29, 0.717) is 11.1 Å². The van der Waals surface area contributed by atoms with E-state index >= 15 is 0 Å². The number of rotatable bonds is 5. The molecular formula is C35H40FN3O3. The van der Waals surface area contributed by atoms with Crippen LogP contribution in [0.4, 0.5) is 10.1 Å². The average molecular weight is 570 g/mol. The van der Waals surface area contributed by atoms with Crippen LogP contribution >= 0.6 is 0 Å². The van der Waals surface area contributed by atoms with Crippen molar-refractivity contribution in [1.82, 2.24) is 10.2 Å². The quantitative estimate of drug-likeness (QED) is 0.387. The smallest absolute Gasteiger partial charge is 0.253 e. The van der Waals surface area contributed by atoms with Crippen molar-refractivity contribution in [2.75, 3.05) is 38.2 Å². The van der Waals surface area contributed by atoms with Crippen molar-refractivity contribution in [2.45, 2.75) is 58.4 Å². The third-order valence-electron chi connectivity index (χ3n) is 9.87. The minimum absolute atomic E-state index is 0.0789. The highest BCUT2D eigenvalue weighted by atomic mass is 19.1. The van der Waals surface area contributed by atoms with Crippen molar-refractivity contribution < 1.29 is 18.7 Å². The summed E-state index contributed by atoms with van der Waals surface area (Å²) >= 11 is 0. The van der Waals surface area contributed by atoms with Crippen LogP contribution < -0.4 is 15.0 Å². The van der Waals surface area contributed by atoms with Crippen LogP contribution in [-0.4, -0.2) is 50.0 Å². The molecule has 0 aromatic heterocycles. The molecule has 2 saturated heterocycles. The van der Waals surface area contributed by atoms with Gasteiger partial charge in [-0.1, -0.05) is 6.07 Å². The molecule has 6 rings (SSSR count). The summed E-state index contributed by atoms with van der Waals surface area (Å²) < 4.78 is 18.7. The fourth-order valence-corrected chi connectivity index (χ4v) is 7.27. The van der Waals surface area contributed by atoms with Crippen LogP contribution in [0.25, 0.3) is 0 Å². The Hall–Kier alpha value is -3.87. The number of aryl methyl sites for hydroxylation is 3. The number of anilines is 1. The molecule has 7 heteroatoms. The van der Waals surface area contributed by atoms with Crippen LogP contribution in [0.1, 0.15) is 81.1 Å². The Kier molecular flexibility index (Phi) is 7.69. The average Bonchev–Trinajstić information content (AvgIpc) is 3.39. The van der Waals surface area contributed by atoms with Crippen LogP contribution in [0.5, 0.6) is 5.75 Å². The molecule has 42 heavy (non-hydrogen) atoms. The number of hydrogen-bond donors (Lipinski definition) is 1. The van der Waals surface area contributed by atoms with Crippen molar-refractivity contribution >= 4 is 17.5 Å². The third kappa shape index (κ3) is 5.49. The van der Waals surface area contributed by atoms with E-state index in [-0.39, 0.29) is 29.1 Å². The number of ether oxygens (including phenoxy) is 1. The first-order valence-corrected chi connectivity index (χ1v) is 15.1. The Morgan fingerprint density at radius 1 is 0.905 bits per heavy atom. The van der Waals surface area contributed by atoms with Gasteiger partial charge in [-0.2, -0.15) is 0 Å². The maximum Gasteiger partial charge on any atom is 0.253 e. The Labute approximate surface area is 247 Å². The summed E-state index contributed by atoms with van der Waals surface area (Å²) in [6, 6.07) is 16.5. The van der Waals surface area contributed by atoms with Gasteiger partial charge in [-0.05, 0) is 129 Å². The number of hydrogen-bond acceptors (Lipinski definition) is 4. The molecule has 0 saturated carbocycles. The summed E-state index contributed by atoms with van der Waals surface area (Å²) in [7, 11) is 1.63. The first-order valence-electron chi connectivity index (χ1n) is 15.1. The number of likely N-dealkylation sites (tertiary alicyclic amines) is 1. The van der Waals surface area contributed by atoms with Crippen LogP contribution in [0, 0.1) is 25.1 Å². The van der Waals surface area contributed by atoms with E-state index in [0.717, 1.165) is 92.8 Å². The first kappa shape index (κ1) is 28.3. The van der Waals surface area contributed by atoms with E-state index in [2.05, 4.69) is 16.3 Å². The predicted molar refractivity (Wildman–Crippen MR) is 163 cm³/mol. The molecule has 3 aliphatic rings. The lowest BCUT2D eigenvalue weighted by atomic mass is 9.71. The molecule has 2 amide bonds. The number of fused-ring (bicyclic) bond motifs is 1. The number of nitrogens with zero attached hydrogens (tertiary/aromatic N) is 2. The predicted octanol–water partition coefficient (Wildman–Crippen LogP) is 6.39. The molecule has 0 bridgehead atoms. The Morgan fingerprint density at radius 3 is 2.19 bits per heavy atom. The van der Waals surface area contributed by atoms with Crippen LogP contribution in [0.2, 0.25) is 0 Å². The topological polar surface area (TPSA) is 61.9 Å². The van der Waals surface area contributed by atoms with E-state index in [4.69, 9.17) is 4.74 Å². The second kappa shape index (κ2) is 11.4. The molecule has 2 heterocycles. The summed E-state index contributed by atoms with van der Waals surface area (Å²) in [5.41, 5.74) is 6.77. The van der Waals surface area contributed by atoms with Crippen molar-refractivity contribution in [3.63, 3.8) is 0 Å². The van der Waals surface area contributed by atoms with Gasteiger partial charge in [-0.25, -0.2) is 4.39 Å². The minimum atomic E-state index is -0.202. The lowest BCUT2D eigenvalue weighted by Crippen LogP contribution is -2.48. The highest BCUT2D eigenvalue weighted by Crippen LogP contribution is 2.42. The van der Waals surface area contributed by atoms with Gasteiger partial charge in [0.05, 0.1) is 13.2 Å². The van der Waals surface area contributed by atoms with Crippen molar-refractivity contribution in [2.24, 2.45) is 5.41 Å². The van der Waals surface area contributed by atoms with Crippen LogP contribution in [-0.2, 0) is 6.42 Å². The van der Waals surface area contributed by atoms with Gasteiger partial charge in [0, 0.05) is 43.0 Å². The third-order valence-corrected chi connectivity index (χ3v) is 9.87. The number of carbonyl (C=O) groups is 2. The van der Waals surface area contributed by atoms with E-state index in [9.17, 15) is 14.0 Å². The van der Waals surface area contributed by atoms with Crippen molar-refractivity contribution in [1.29, 1.82) is 0 Å². The fraction of sp³-hybridized carbons (Fsp3) is 0.429. The Morgan fingerprint density at radius 2 is 1.55 bits per heavy atom. The van der Waals surface area contributed by atoms with Gasteiger partial charge in [0.15, 0.2) is 0 Å². The van der Waals surface area contributed by atoms with Crippen molar-refractivity contribution in [3.8, 4) is 5.75 Å². The summed E-state index contributed by atoms with van der Waals surface area (Å²) in [5.74, 6) is 0.533. The second-order valence-electron chi connectivity index (χ2n) is 12.4.